The molecule has 1 unspecified atom stereocenters. The molecule has 12 aromatic carbocycles. The van der Waals surface area contributed by atoms with Crippen LogP contribution < -0.4 is 28.1 Å². The van der Waals surface area contributed by atoms with Crippen molar-refractivity contribution in [1.29, 1.82) is 0 Å². The highest BCUT2D eigenvalue weighted by Gasteiger charge is 2.30. The molecule has 0 aliphatic heterocycles. The van der Waals surface area contributed by atoms with Crippen molar-refractivity contribution in [3.63, 3.8) is 0 Å². The van der Waals surface area contributed by atoms with Gasteiger partial charge >= 0.3 is 29.5 Å². The van der Waals surface area contributed by atoms with E-state index >= 15 is 0 Å². The summed E-state index contributed by atoms with van der Waals surface area (Å²) in [6.45, 7) is 12.9. The zero-order valence-corrected chi connectivity index (χ0v) is 78.6. The van der Waals surface area contributed by atoms with Gasteiger partial charge in [-0.25, -0.2) is 29.0 Å². The van der Waals surface area contributed by atoms with E-state index in [4.69, 9.17) is 41.6 Å². The summed E-state index contributed by atoms with van der Waals surface area (Å²) >= 11 is 0. The number of nitrogens with two attached hydrogens (primary N) is 3. The minimum atomic E-state index is -1.36. The summed E-state index contributed by atoms with van der Waals surface area (Å²) in [7, 11) is 0. The van der Waals surface area contributed by atoms with E-state index in [1.165, 1.54) is 102 Å². The van der Waals surface area contributed by atoms with Gasteiger partial charge in [-0.1, -0.05) is 150 Å². The first-order valence-electron chi connectivity index (χ1n) is 46.9. The molecule has 2 heterocycles. The number of fused-ring (bicyclic) bond motifs is 8. The molecule has 1 atom stereocenters. The van der Waals surface area contributed by atoms with Gasteiger partial charge in [0.1, 0.15) is 5.78 Å². The number of carboxylic acids is 2. The van der Waals surface area contributed by atoms with Gasteiger partial charge in [0.2, 0.25) is 11.7 Å². The fourth-order valence-electron chi connectivity index (χ4n) is 17.9. The molecule has 702 valence electrons. The van der Waals surface area contributed by atoms with Gasteiger partial charge in [-0.2, -0.15) is 0 Å². The Kier molecular flexibility index (Phi) is 33.8. The van der Waals surface area contributed by atoms with Crippen molar-refractivity contribution in [3.8, 4) is 22.6 Å². The minimum absolute atomic E-state index is 0.0240. The number of ketones is 4. The lowest BCUT2D eigenvalue weighted by molar-refractivity contribution is -0.154. The van der Waals surface area contributed by atoms with Crippen LogP contribution in [0.25, 0.3) is 55.2 Å². The van der Waals surface area contributed by atoms with Crippen molar-refractivity contribution in [2.45, 2.75) is 189 Å². The molecular formula is C115H116N6O16. The van der Waals surface area contributed by atoms with E-state index in [2.05, 4.69) is 45.4 Å². The van der Waals surface area contributed by atoms with Crippen LogP contribution in [0.15, 0.2) is 240 Å². The molecule has 14 aromatic rings. The van der Waals surface area contributed by atoms with Gasteiger partial charge in [0.25, 0.3) is 5.91 Å². The Labute approximate surface area is 797 Å². The normalized spacial score (nSPS) is 13.2. The monoisotopic (exact) mass is 1840 g/mol. The molecule has 5 aliphatic carbocycles. The molecule has 0 fully saturated rings. The average Bonchev–Trinajstić information content (AvgIpc) is 0.747. The van der Waals surface area contributed by atoms with E-state index in [-0.39, 0.29) is 59.6 Å². The van der Waals surface area contributed by atoms with Crippen LogP contribution in [0.5, 0.6) is 0 Å². The number of hydrogen-bond acceptors (Lipinski definition) is 19. The van der Waals surface area contributed by atoms with Gasteiger partial charge in [0.15, 0.2) is 17.7 Å². The van der Waals surface area contributed by atoms with Gasteiger partial charge in [-0.3, -0.25) is 29.0 Å². The largest absolute Gasteiger partial charge is 0.478 e. The van der Waals surface area contributed by atoms with Crippen molar-refractivity contribution in [3.05, 3.63) is 363 Å². The zero-order valence-electron chi connectivity index (χ0n) is 78.6. The number of pyridine rings is 1. The number of esters is 2. The maximum atomic E-state index is 13.2. The Morgan fingerprint density at radius 3 is 1.28 bits per heavy atom. The van der Waals surface area contributed by atoms with Crippen LogP contribution in [0, 0.1) is 27.7 Å². The first kappa shape index (κ1) is 99.3. The van der Waals surface area contributed by atoms with E-state index in [1.54, 1.807) is 44.2 Å². The number of aromatic carboxylic acids is 2. The predicted octanol–water partition coefficient (Wildman–Crippen LogP) is 21.8. The Balaban J connectivity index is 0.000000138. The molecular weight excluding hydrogens is 1720 g/mol. The van der Waals surface area contributed by atoms with Crippen LogP contribution in [0.1, 0.15) is 244 Å². The maximum absolute atomic E-state index is 13.2. The number of carbonyl (C=O) groups is 9. The van der Waals surface area contributed by atoms with Crippen LogP contribution in [0.2, 0.25) is 0 Å². The molecule has 22 nitrogen and oxygen atoms in total. The highest BCUT2D eigenvalue weighted by Crippen LogP contribution is 2.41. The summed E-state index contributed by atoms with van der Waals surface area (Å²) in [6, 6.07) is 72.8. The number of rotatable bonds is 17. The molecule has 5 aliphatic rings. The van der Waals surface area contributed by atoms with Crippen molar-refractivity contribution in [2.24, 2.45) is 0 Å². The summed E-state index contributed by atoms with van der Waals surface area (Å²) in [4.78, 5) is 126. The van der Waals surface area contributed by atoms with Crippen LogP contribution in [0.3, 0.4) is 0 Å². The van der Waals surface area contributed by atoms with Crippen molar-refractivity contribution in [2.75, 3.05) is 35.7 Å². The Morgan fingerprint density at radius 1 is 0.409 bits per heavy atom. The first-order chi connectivity index (χ1) is 66.0. The van der Waals surface area contributed by atoms with Gasteiger partial charge in [0, 0.05) is 67.1 Å². The Bertz CT molecular complexity index is 6910. The molecule has 22 heteroatoms. The molecule has 0 bridgehead atoms. The van der Waals surface area contributed by atoms with Crippen LogP contribution in [0.4, 0.5) is 22.7 Å². The lowest BCUT2D eigenvalue weighted by Crippen LogP contribution is -2.19. The molecule has 19 rings (SSSR count). The van der Waals surface area contributed by atoms with Crippen molar-refractivity contribution >= 4 is 108 Å². The number of benzene rings is 12. The summed E-state index contributed by atoms with van der Waals surface area (Å²) in [5, 5.41) is 35.0. The number of aliphatic hydroxyl groups is 1. The average molecular weight is 1840 g/mol. The minimum Gasteiger partial charge on any atom is -0.478 e. The predicted molar refractivity (Wildman–Crippen MR) is 538 cm³/mol. The molecule has 1 amide bonds. The lowest BCUT2D eigenvalue weighted by Gasteiger charge is -2.22. The number of carbonyl (C=O) groups excluding carboxylic acids is 7. The molecule has 137 heavy (non-hydrogen) atoms. The number of aliphatic hydroxyl groups excluding tert-OH is 1. The number of ether oxygens (including phenoxy) is 2. The summed E-state index contributed by atoms with van der Waals surface area (Å²) in [5.41, 5.74) is 44.2. The number of nitrogens with zero attached hydrogens (tertiary/aromatic N) is 2. The smallest absolute Gasteiger partial charge is 0.375 e. The third-order valence-corrected chi connectivity index (χ3v) is 25.1. The lowest BCUT2D eigenvalue weighted by atomic mass is 9.86. The van der Waals surface area contributed by atoms with E-state index in [9.17, 15) is 53.1 Å². The van der Waals surface area contributed by atoms with Crippen LogP contribution >= 0.6 is 0 Å². The zero-order chi connectivity index (χ0) is 97.5. The van der Waals surface area contributed by atoms with E-state index in [0.29, 0.717) is 73.1 Å². The molecule has 0 saturated heterocycles. The number of Topliss-reactive ketones (excluding diaryl/α,β-unsaturated/α-hetero) is 2. The number of hydrogen-bond donors (Lipinski definition) is 7. The number of carboxylic acid groups (broad SMARTS) is 2. The molecule has 0 spiro atoms. The topological polar surface area (TPSA) is 379 Å². The third kappa shape index (κ3) is 25.5. The number of aromatic nitrogens is 2. The van der Waals surface area contributed by atoms with E-state index < -0.39 is 35.8 Å². The molecule has 0 saturated carbocycles. The van der Waals surface area contributed by atoms with Gasteiger partial charge in [-0.15, -0.1) is 0 Å². The second-order valence-corrected chi connectivity index (χ2v) is 35.2. The third-order valence-electron chi connectivity index (χ3n) is 25.1. The van der Waals surface area contributed by atoms with E-state index in [0.717, 1.165) is 150 Å². The summed E-state index contributed by atoms with van der Waals surface area (Å²) in [5.74, 6) is -4.44. The first-order valence-corrected chi connectivity index (χ1v) is 46.9. The maximum Gasteiger partial charge on any atom is 0.375 e. The number of nitrogens with one attached hydrogen (secondary N) is 1. The van der Waals surface area contributed by atoms with Gasteiger partial charge < -0.3 is 51.7 Å². The highest BCUT2D eigenvalue weighted by molar-refractivity contribution is 6.37. The summed E-state index contributed by atoms with van der Waals surface area (Å²) < 4.78 is 14.9. The van der Waals surface area contributed by atoms with Crippen LogP contribution in [-0.2, 0) is 92.9 Å². The molecule has 10 N–H and O–H groups in total. The quantitative estimate of drug-likeness (QED) is 0.0146. The number of aryl methyl sites for hydroxylation is 14. The Hall–Kier alpha value is -15.2. The van der Waals surface area contributed by atoms with Crippen molar-refractivity contribution in [1.82, 2.24) is 9.97 Å². The van der Waals surface area contributed by atoms with E-state index in [1.807, 2.05) is 198 Å². The Morgan fingerprint density at radius 2 is 0.796 bits per heavy atom. The fraction of sp³-hybridized carbons (Fsp3) is 0.270. The van der Waals surface area contributed by atoms with Crippen molar-refractivity contribution < 1.29 is 72.4 Å². The second kappa shape index (κ2) is 46.7. The number of nitrogen functional groups attached to an aromatic ring is 3. The van der Waals surface area contributed by atoms with Crippen LogP contribution in [-0.4, -0.2) is 91.4 Å². The fourth-order valence-corrected chi connectivity index (χ4v) is 17.9. The SMILES string of the molecule is CCOC(=O)C(=O)CC(C)=O.CCOC(=O)C(O)c1c(C)nc2cc3c(cc2c1-c1ccc(C)cc1)CCCC3.Cc1ccc(C(=O)c2cc3c(cc2N)CCCC3)cc1.Cc1ccc(C(=O)c2cc3c(cc2NC(=O)c2ccccc2)CCCC3)cc1.Nc1cc2c(cc1C(=O)O)CCCC2.Nc1cc2ccccc2cc1C(=O)O.O=c1oc(-c2ccccc2)nc2cc3c(cc12)CCCC3. The standard InChI is InChI=1S/C25H27NO3.C25H23NO2.C18H15NO2.C18H19NO.C11H13NO2.C11H9NO2.C7H10O4/c1-4-29-25(28)24(27)22-16(3)26-21-14-19-8-6-5-7-18(19)13-20(21)23(22)17-11-9-15(2)10-12-17;1-17-11-13-18(14-12-17)24(27)22-15-20-9-5-6-10-21(20)16-23(22)26-25(28)19-7-3-2-4-8-19;20-18-15-10-13-8-4-5-9-14(13)11-16(15)19-17(21-18)12-6-2-1-3-7-12;1-12-6-8-13(9-7-12)18(20)16-10-14-4-2-3-5-15(14)11-17(16)19;2*12-10-6-8-4-2-1-3-7(8)5-9(10)11(13)14;1-3-11-7(10)6(9)4-5(2)8/h9-14,24,27H,4-8H2,1-3H3;2-4,7-8,11-16H,5-6,9-10H2,1H3,(H,26,28);1-3,6-7,10-11H,4-5,8-9H2;6-11H,2-5,19H2,1H3;5-6H,1-4,12H2,(H,13,14);1-6H,12H2,(H,13,14);3-4H2,1-2H3. The van der Waals surface area contributed by atoms with Gasteiger partial charge in [-0.05, 0) is 351 Å². The highest BCUT2D eigenvalue weighted by atomic mass is 16.5. The number of amides is 1. The molecule has 0 radical (unpaired) electrons. The van der Waals surface area contributed by atoms with Gasteiger partial charge in [0.05, 0.1) is 52.9 Å². The summed E-state index contributed by atoms with van der Waals surface area (Å²) in [6.07, 6.45) is 20.5. The molecule has 2 aromatic heterocycles. The second-order valence-electron chi connectivity index (χ2n) is 35.2. The number of anilines is 4.